The summed E-state index contributed by atoms with van der Waals surface area (Å²) in [5.74, 6) is 0. The van der Waals surface area contributed by atoms with E-state index < -0.39 is 0 Å². The maximum Gasteiger partial charge on any atom is 0.0992 e. The number of likely N-dealkylation sites (N-methyl/N-ethyl adjacent to an activating group) is 1. The third-order valence-corrected chi connectivity index (χ3v) is 5.16. The molecule has 2 saturated heterocycles. The van der Waals surface area contributed by atoms with Gasteiger partial charge in [0.25, 0.3) is 0 Å². The van der Waals surface area contributed by atoms with Crippen molar-refractivity contribution in [2.45, 2.75) is 37.9 Å². The van der Waals surface area contributed by atoms with Crippen molar-refractivity contribution >= 4 is 11.6 Å². The largest absolute Gasteiger partial charge is 0.299 e. The molecule has 0 spiro atoms. The fourth-order valence-electron chi connectivity index (χ4n) is 3.51. The number of fused-ring (bicyclic) bond motifs is 2. The number of hydrogen-bond acceptors (Lipinski definition) is 3. The van der Waals surface area contributed by atoms with Crippen LogP contribution in [0.5, 0.6) is 0 Å². The molecular formula is C16H20ClN3. The summed E-state index contributed by atoms with van der Waals surface area (Å²) in [5, 5.41) is 9.60. The van der Waals surface area contributed by atoms with Crippen molar-refractivity contribution in [3.05, 3.63) is 34.3 Å². The van der Waals surface area contributed by atoms with E-state index in [1.54, 1.807) is 6.07 Å². The molecule has 0 aromatic heterocycles. The zero-order valence-corrected chi connectivity index (χ0v) is 12.6. The third-order valence-electron chi connectivity index (χ3n) is 4.81. The first-order valence-corrected chi connectivity index (χ1v) is 7.68. The summed E-state index contributed by atoms with van der Waals surface area (Å²) in [4.78, 5) is 5.06. The maximum atomic E-state index is 8.89. The number of nitriles is 1. The molecule has 0 N–H and O–H groups in total. The number of rotatable bonds is 2. The standard InChI is InChI=1S/C16H20ClN3/c1-19-14-4-5-15(19)11-20(7-6-14)10-13-3-2-12(9-18)8-16(13)17/h2-3,8,14-15H,4-7,10-11H2,1H3. The Balaban J connectivity index is 1.71. The molecule has 2 aliphatic heterocycles. The lowest BCUT2D eigenvalue weighted by Gasteiger charge is -2.26. The van der Waals surface area contributed by atoms with Gasteiger partial charge in [0.1, 0.15) is 0 Å². The number of nitrogens with zero attached hydrogens (tertiary/aromatic N) is 3. The Morgan fingerprint density at radius 2 is 2.10 bits per heavy atom. The van der Waals surface area contributed by atoms with Gasteiger partial charge in [0.05, 0.1) is 11.6 Å². The first-order valence-electron chi connectivity index (χ1n) is 7.30. The molecular weight excluding hydrogens is 270 g/mol. The highest BCUT2D eigenvalue weighted by Crippen LogP contribution is 2.29. The molecule has 0 aliphatic carbocycles. The average molecular weight is 290 g/mol. The Bertz CT molecular complexity index is 537. The summed E-state index contributed by atoms with van der Waals surface area (Å²) in [5.41, 5.74) is 1.76. The number of benzene rings is 1. The molecule has 2 atom stereocenters. The molecule has 4 heteroatoms. The lowest BCUT2D eigenvalue weighted by Crippen LogP contribution is -2.36. The van der Waals surface area contributed by atoms with Crippen molar-refractivity contribution in [2.75, 3.05) is 20.1 Å². The van der Waals surface area contributed by atoms with Gasteiger partial charge in [0, 0.05) is 36.7 Å². The number of likely N-dealkylation sites (tertiary alicyclic amines) is 1. The summed E-state index contributed by atoms with van der Waals surface area (Å²) in [6.45, 7) is 3.16. The lowest BCUT2D eigenvalue weighted by molar-refractivity contribution is 0.214. The van der Waals surface area contributed by atoms with E-state index in [0.717, 1.165) is 31.2 Å². The molecule has 2 bridgehead atoms. The number of hydrogen-bond donors (Lipinski definition) is 0. The Morgan fingerprint density at radius 1 is 1.30 bits per heavy atom. The molecule has 2 aliphatic rings. The van der Waals surface area contributed by atoms with Crippen molar-refractivity contribution in [3.63, 3.8) is 0 Å². The van der Waals surface area contributed by atoms with Crippen molar-refractivity contribution < 1.29 is 0 Å². The Labute approximate surface area is 125 Å². The first kappa shape index (κ1) is 13.9. The smallest absolute Gasteiger partial charge is 0.0992 e. The molecule has 2 heterocycles. The lowest BCUT2D eigenvalue weighted by atomic mass is 10.1. The van der Waals surface area contributed by atoms with Gasteiger partial charge in [-0.15, -0.1) is 0 Å². The SMILES string of the molecule is CN1C2CCC1CN(Cc1ccc(C#N)cc1Cl)CC2. The molecule has 0 saturated carbocycles. The van der Waals surface area contributed by atoms with Gasteiger partial charge < -0.3 is 0 Å². The van der Waals surface area contributed by atoms with Crippen LogP contribution in [-0.4, -0.2) is 42.0 Å². The van der Waals surface area contributed by atoms with E-state index >= 15 is 0 Å². The van der Waals surface area contributed by atoms with Crippen LogP contribution in [0, 0.1) is 11.3 Å². The molecule has 0 radical (unpaired) electrons. The molecule has 106 valence electrons. The van der Waals surface area contributed by atoms with Crippen LogP contribution in [0.3, 0.4) is 0 Å². The van der Waals surface area contributed by atoms with Gasteiger partial charge in [0.2, 0.25) is 0 Å². The van der Waals surface area contributed by atoms with Crippen LogP contribution in [0.2, 0.25) is 5.02 Å². The maximum absolute atomic E-state index is 8.89. The van der Waals surface area contributed by atoms with E-state index in [9.17, 15) is 0 Å². The summed E-state index contributed by atoms with van der Waals surface area (Å²) in [7, 11) is 2.26. The first-order chi connectivity index (χ1) is 9.67. The monoisotopic (exact) mass is 289 g/mol. The molecule has 1 aromatic carbocycles. The van der Waals surface area contributed by atoms with Crippen LogP contribution in [0.25, 0.3) is 0 Å². The normalized spacial score (nSPS) is 27.2. The Hall–Kier alpha value is -1.08. The molecule has 3 rings (SSSR count). The Morgan fingerprint density at radius 3 is 2.85 bits per heavy atom. The van der Waals surface area contributed by atoms with E-state index in [-0.39, 0.29) is 0 Å². The highest BCUT2D eigenvalue weighted by Gasteiger charge is 2.34. The highest BCUT2D eigenvalue weighted by atomic mass is 35.5. The van der Waals surface area contributed by atoms with Gasteiger partial charge in [-0.3, -0.25) is 9.80 Å². The minimum Gasteiger partial charge on any atom is -0.299 e. The van der Waals surface area contributed by atoms with Gasteiger partial charge in [-0.05, 0) is 44.0 Å². The van der Waals surface area contributed by atoms with Crippen molar-refractivity contribution in [2.24, 2.45) is 0 Å². The topological polar surface area (TPSA) is 30.3 Å². The highest BCUT2D eigenvalue weighted by molar-refractivity contribution is 6.31. The molecule has 1 aromatic rings. The fourth-order valence-corrected chi connectivity index (χ4v) is 3.75. The van der Waals surface area contributed by atoms with E-state index in [4.69, 9.17) is 16.9 Å². The predicted molar refractivity (Wildman–Crippen MR) is 80.6 cm³/mol. The Kier molecular flexibility index (Phi) is 3.98. The molecule has 2 unspecified atom stereocenters. The van der Waals surface area contributed by atoms with Crippen LogP contribution in [0.1, 0.15) is 30.4 Å². The van der Waals surface area contributed by atoms with Gasteiger partial charge >= 0.3 is 0 Å². The van der Waals surface area contributed by atoms with Crippen molar-refractivity contribution in [1.29, 1.82) is 5.26 Å². The van der Waals surface area contributed by atoms with E-state index in [2.05, 4.69) is 22.9 Å². The zero-order valence-electron chi connectivity index (χ0n) is 11.8. The van der Waals surface area contributed by atoms with E-state index in [1.165, 1.54) is 19.3 Å². The third kappa shape index (κ3) is 2.69. The van der Waals surface area contributed by atoms with Crippen LogP contribution in [0.4, 0.5) is 0 Å². The quantitative estimate of drug-likeness (QED) is 0.839. The molecule has 3 nitrogen and oxygen atoms in total. The second-order valence-electron chi connectivity index (χ2n) is 5.99. The predicted octanol–water partition coefficient (Wildman–Crippen LogP) is 2.88. The summed E-state index contributed by atoms with van der Waals surface area (Å²) >= 11 is 6.29. The molecule has 0 amide bonds. The summed E-state index contributed by atoms with van der Waals surface area (Å²) in [6, 6.07) is 9.21. The molecule has 2 fully saturated rings. The van der Waals surface area contributed by atoms with Crippen molar-refractivity contribution in [1.82, 2.24) is 9.80 Å². The molecule has 20 heavy (non-hydrogen) atoms. The van der Waals surface area contributed by atoms with Gasteiger partial charge in [-0.25, -0.2) is 0 Å². The van der Waals surface area contributed by atoms with Crippen LogP contribution >= 0.6 is 11.6 Å². The second-order valence-corrected chi connectivity index (χ2v) is 6.40. The minimum absolute atomic E-state index is 0.633. The average Bonchev–Trinajstić information content (AvgIpc) is 2.69. The van der Waals surface area contributed by atoms with Crippen LogP contribution in [0.15, 0.2) is 18.2 Å². The summed E-state index contributed by atoms with van der Waals surface area (Å²) in [6.07, 6.45) is 3.92. The van der Waals surface area contributed by atoms with Gasteiger partial charge in [-0.2, -0.15) is 5.26 Å². The van der Waals surface area contributed by atoms with Gasteiger partial charge in [0.15, 0.2) is 0 Å². The van der Waals surface area contributed by atoms with E-state index in [0.29, 0.717) is 16.6 Å². The second kappa shape index (κ2) is 5.73. The number of halogens is 1. The van der Waals surface area contributed by atoms with Crippen LogP contribution in [-0.2, 0) is 6.54 Å². The van der Waals surface area contributed by atoms with Gasteiger partial charge in [-0.1, -0.05) is 17.7 Å². The van der Waals surface area contributed by atoms with Crippen molar-refractivity contribution in [3.8, 4) is 6.07 Å². The zero-order chi connectivity index (χ0) is 14.1. The minimum atomic E-state index is 0.633. The fraction of sp³-hybridized carbons (Fsp3) is 0.562. The summed E-state index contributed by atoms with van der Waals surface area (Å²) < 4.78 is 0. The van der Waals surface area contributed by atoms with E-state index in [1.807, 2.05) is 12.1 Å². The van der Waals surface area contributed by atoms with Crippen LogP contribution < -0.4 is 0 Å².